The van der Waals surface area contributed by atoms with Gasteiger partial charge in [0.25, 0.3) is 5.91 Å². The minimum Gasteiger partial charge on any atom is -0.452 e. The quantitative estimate of drug-likeness (QED) is 0.675. The molecule has 1 aliphatic rings. The van der Waals surface area contributed by atoms with Crippen LogP contribution in [0.15, 0.2) is 30.3 Å². The summed E-state index contributed by atoms with van der Waals surface area (Å²) in [5.74, 6) is -1.20. The lowest BCUT2D eigenvalue weighted by Crippen LogP contribution is -2.37. The van der Waals surface area contributed by atoms with Crippen LogP contribution in [0.2, 0.25) is 5.02 Å². The van der Waals surface area contributed by atoms with E-state index in [4.69, 9.17) is 16.3 Å². The smallest absolute Gasteiger partial charge is 0.331 e. The minimum atomic E-state index is -0.655. The molecule has 0 bridgehead atoms. The number of benzene rings is 1. The van der Waals surface area contributed by atoms with Crippen molar-refractivity contribution in [3.63, 3.8) is 0 Å². The lowest BCUT2D eigenvalue weighted by atomic mass is 10.2. The van der Waals surface area contributed by atoms with Gasteiger partial charge in [0.15, 0.2) is 6.61 Å². The van der Waals surface area contributed by atoms with Crippen molar-refractivity contribution < 1.29 is 19.1 Å². The van der Waals surface area contributed by atoms with E-state index in [1.54, 1.807) is 30.3 Å². The van der Waals surface area contributed by atoms with Crippen molar-refractivity contribution in [2.75, 3.05) is 19.7 Å². The van der Waals surface area contributed by atoms with Crippen LogP contribution in [0.5, 0.6) is 0 Å². The van der Waals surface area contributed by atoms with Crippen molar-refractivity contribution in [3.05, 3.63) is 40.9 Å². The first-order valence-electron chi connectivity index (χ1n) is 6.25. The fourth-order valence-electron chi connectivity index (χ4n) is 1.71. The minimum absolute atomic E-state index is 0.288. The molecule has 0 radical (unpaired) electrons. The molecule has 0 unspecified atom stereocenters. The van der Waals surface area contributed by atoms with Gasteiger partial charge in [-0.3, -0.25) is 9.69 Å². The molecule has 3 amide bonds. The Kier molecular flexibility index (Phi) is 4.94. The number of carbonyl (C=O) groups is 3. The summed E-state index contributed by atoms with van der Waals surface area (Å²) >= 11 is 5.74. The van der Waals surface area contributed by atoms with Gasteiger partial charge in [-0.25, -0.2) is 9.59 Å². The van der Waals surface area contributed by atoms with E-state index in [-0.39, 0.29) is 6.54 Å². The van der Waals surface area contributed by atoms with Gasteiger partial charge in [0, 0.05) is 24.2 Å². The molecule has 7 heteroatoms. The van der Waals surface area contributed by atoms with Gasteiger partial charge < -0.3 is 10.1 Å². The number of ether oxygens (including phenoxy) is 1. The summed E-state index contributed by atoms with van der Waals surface area (Å²) in [6.07, 6.45) is 2.76. The highest BCUT2D eigenvalue weighted by Gasteiger charge is 2.26. The highest BCUT2D eigenvalue weighted by molar-refractivity contribution is 6.30. The lowest BCUT2D eigenvalue weighted by molar-refractivity contribution is -0.146. The molecule has 0 saturated carbocycles. The molecular formula is C14H13ClN2O4. The van der Waals surface area contributed by atoms with Crippen LogP contribution in [-0.2, 0) is 14.3 Å². The Morgan fingerprint density at radius 1 is 1.33 bits per heavy atom. The summed E-state index contributed by atoms with van der Waals surface area (Å²) in [6.45, 7) is 0.238. The SMILES string of the molecule is O=C(/C=C/c1ccc(Cl)cc1)OCC(=O)N1CCNC1=O. The predicted octanol–water partition coefficient (Wildman–Crippen LogP) is 1.45. The van der Waals surface area contributed by atoms with Crippen molar-refractivity contribution in [1.29, 1.82) is 0 Å². The van der Waals surface area contributed by atoms with Gasteiger partial charge in [-0.15, -0.1) is 0 Å². The van der Waals surface area contributed by atoms with E-state index in [2.05, 4.69) is 5.32 Å². The van der Waals surface area contributed by atoms with E-state index in [0.717, 1.165) is 10.5 Å². The third-order valence-electron chi connectivity index (χ3n) is 2.78. The highest BCUT2D eigenvalue weighted by atomic mass is 35.5. The molecule has 0 spiro atoms. The number of nitrogens with one attached hydrogen (secondary N) is 1. The second-order valence-electron chi connectivity index (χ2n) is 4.27. The molecule has 1 fully saturated rings. The van der Waals surface area contributed by atoms with Gasteiger partial charge in [-0.05, 0) is 23.8 Å². The van der Waals surface area contributed by atoms with Crippen LogP contribution in [0.3, 0.4) is 0 Å². The van der Waals surface area contributed by atoms with Gasteiger partial charge in [0.2, 0.25) is 0 Å². The summed E-state index contributed by atoms with van der Waals surface area (Å²) in [5, 5.41) is 3.09. The summed E-state index contributed by atoms with van der Waals surface area (Å²) in [4.78, 5) is 35.3. The molecule has 6 nitrogen and oxygen atoms in total. The normalized spacial score (nSPS) is 14.3. The first-order chi connectivity index (χ1) is 10.1. The molecule has 21 heavy (non-hydrogen) atoms. The Bertz CT molecular complexity index is 583. The van der Waals surface area contributed by atoms with E-state index < -0.39 is 24.5 Å². The zero-order chi connectivity index (χ0) is 15.2. The second-order valence-corrected chi connectivity index (χ2v) is 4.71. The molecule has 1 aliphatic heterocycles. The average molecular weight is 309 g/mol. The Hall–Kier alpha value is -2.34. The van der Waals surface area contributed by atoms with Crippen molar-refractivity contribution in [2.45, 2.75) is 0 Å². The molecule has 110 valence electrons. The van der Waals surface area contributed by atoms with Gasteiger partial charge in [-0.2, -0.15) is 0 Å². The van der Waals surface area contributed by atoms with E-state index in [0.29, 0.717) is 11.6 Å². The first-order valence-corrected chi connectivity index (χ1v) is 6.62. The van der Waals surface area contributed by atoms with Gasteiger partial charge in [-0.1, -0.05) is 23.7 Å². The number of halogens is 1. The highest BCUT2D eigenvalue weighted by Crippen LogP contribution is 2.10. The standard InChI is InChI=1S/C14H13ClN2O4/c15-11-4-1-10(2-5-11)3-6-13(19)21-9-12(18)17-8-7-16-14(17)20/h1-6H,7-9H2,(H,16,20)/b6-3+. The van der Waals surface area contributed by atoms with Crippen LogP contribution < -0.4 is 5.32 Å². The van der Waals surface area contributed by atoms with Crippen molar-refractivity contribution in [3.8, 4) is 0 Å². The third-order valence-corrected chi connectivity index (χ3v) is 3.03. The molecule has 2 rings (SSSR count). The van der Waals surface area contributed by atoms with E-state index in [1.807, 2.05) is 0 Å². The Morgan fingerprint density at radius 2 is 2.05 bits per heavy atom. The summed E-state index contributed by atoms with van der Waals surface area (Å²) in [6, 6.07) is 6.41. The predicted molar refractivity (Wildman–Crippen MR) is 76.6 cm³/mol. The number of rotatable bonds is 4. The van der Waals surface area contributed by atoms with Crippen LogP contribution in [-0.4, -0.2) is 42.5 Å². The topological polar surface area (TPSA) is 75.7 Å². The fraction of sp³-hybridized carbons (Fsp3) is 0.214. The number of carbonyl (C=O) groups excluding carboxylic acids is 3. The maximum Gasteiger partial charge on any atom is 0.331 e. The molecule has 0 aromatic heterocycles. The van der Waals surface area contributed by atoms with E-state index in [9.17, 15) is 14.4 Å². The van der Waals surface area contributed by atoms with Crippen LogP contribution in [0, 0.1) is 0 Å². The molecule has 0 aliphatic carbocycles. The van der Waals surface area contributed by atoms with Gasteiger partial charge >= 0.3 is 12.0 Å². The molecule has 1 aromatic rings. The monoisotopic (exact) mass is 308 g/mol. The lowest BCUT2D eigenvalue weighted by Gasteiger charge is -2.11. The number of esters is 1. The van der Waals surface area contributed by atoms with Gasteiger partial charge in [0.1, 0.15) is 0 Å². The number of nitrogens with zero attached hydrogens (tertiary/aromatic N) is 1. The summed E-state index contributed by atoms with van der Waals surface area (Å²) in [5.41, 5.74) is 0.779. The van der Waals surface area contributed by atoms with E-state index in [1.165, 1.54) is 6.08 Å². The number of hydrogen-bond donors (Lipinski definition) is 1. The number of amides is 3. The maximum absolute atomic E-state index is 11.6. The number of urea groups is 1. The Balaban J connectivity index is 1.80. The zero-order valence-corrected chi connectivity index (χ0v) is 11.8. The zero-order valence-electron chi connectivity index (χ0n) is 11.0. The molecular weight excluding hydrogens is 296 g/mol. The molecule has 0 atom stereocenters. The molecule has 1 aromatic carbocycles. The third kappa shape index (κ3) is 4.32. The summed E-state index contributed by atoms with van der Waals surface area (Å²) < 4.78 is 4.79. The number of imide groups is 1. The second kappa shape index (κ2) is 6.90. The summed E-state index contributed by atoms with van der Waals surface area (Å²) in [7, 11) is 0. The van der Waals surface area contributed by atoms with Crippen LogP contribution >= 0.6 is 11.6 Å². The average Bonchev–Trinajstić information content (AvgIpc) is 2.90. The van der Waals surface area contributed by atoms with Crippen molar-refractivity contribution >= 4 is 35.6 Å². The largest absolute Gasteiger partial charge is 0.452 e. The van der Waals surface area contributed by atoms with Crippen molar-refractivity contribution in [2.24, 2.45) is 0 Å². The van der Waals surface area contributed by atoms with Crippen molar-refractivity contribution in [1.82, 2.24) is 10.2 Å². The molecule has 1 N–H and O–H groups in total. The van der Waals surface area contributed by atoms with E-state index >= 15 is 0 Å². The van der Waals surface area contributed by atoms with Crippen LogP contribution in [0.25, 0.3) is 6.08 Å². The Labute approximate surface area is 126 Å². The first kappa shape index (κ1) is 15.1. The van der Waals surface area contributed by atoms with Crippen LogP contribution in [0.1, 0.15) is 5.56 Å². The van der Waals surface area contributed by atoms with Gasteiger partial charge in [0.05, 0.1) is 0 Å². The maximum atomic E-state index is 11.6. The molecule has 1 saturated heterocycles. The fourth-order valence-corrected chi connectivity index (χ4v) is 1.83. The molecule has 1 heterocycles. The van der Waals surface area contributed by atoms with Crippen LogP contribution in [0.4, 0.5) is 4.79 Å². The Morgan fingerprint density at radius 3 is 2.67 bits per heavy atom. The number of hydrogen-bond acceptors (Lipinski definition) is 4.